The molecule has 2 aromatic carbocycles. The van der Waals surface area contributed by atoms with Gasteiger partial charge in [-0.15, -0.1) is 0 Å². The Hall–Kier alpha value is -2.93. The highest BCUT2D eigenvalue weighted by Gasteiger charge is 2.28. The number of amides is 1. The molecule has 4 rings (SSSR count). The van der Waals surface area contributed by atoms with Gasteiger partial charge in [-0.2, -0.15) is 4.99 Å². The van der Waals surface area contributed by atoms with Gasteiger partial charge in [-0.05, 0) is 60.2 Å². The molecule has 156 valence electrons. The van der Waals surface area contributed by atoms with E-state index < -0.39 is 0 Å². The number of thioether (sulfide) groups is 1. The van der Waals surface area contributed by atoms with Gasteiger partial charge in [0.05, 0.1) is 19.1 Å². The zero-order valence-electron chi connectivity index (χ0n) is 17.4. The molecule has 1 fully saturated rings. The van der Waals surface area contributed by atoms with E-state index in [9.17, 15) is 4.79 Å². The highest BCUT2D eigenvalue weighted by atomic mass is 32.2. The Morgan fingerprint density at radius 3 is 2.40 bits per heavy atom. The van der Waals surface area contributed by atoms with Crippen molar-refractivity contribution in [2.75, 3.05) is 45.3 Å². The molecule has 30 heavy (non-hydrogen) atoms. The molecule has 2 aliphatic heterocycles. The Morgan fingerprint density at radius 2 is 1.70 bits per heavy atom. The summed E-state index contributed by atoms with van der Waals surface area (Å²) < 4.78 is 10.6. The molecule has 0 N–H and O–H groups in total. The molecule has 1 saturated heterocycles. The monoisotopic (exact) mass is 423 g/mol. The number of carbonyl (C=O) groups is 1. The topological polar surface area (TPSA) is 54.4 Å². The smallest absolute Gasteiger partial charge is 0.286 e. The second-order valence-electron chi connectivity index (χ2n) is 7.24. The Balaban J connectivity index is 1.41. The number of hydrogen-bond acceptors (Lipinski definition) is 6. The molecule has 2 aliphatic rings. The van der Waals surface area contributed by atoms with Gasteiger partial charge in [0.2, 0.25) is 0 Å². The summed E-state index contributed by atoms with van der Waals surface area (Å²) in [6.45, 7) is 5.62. The van der Waals surface area contributed by atoms with Crippen LogP contribution in [0.1, 0.15) is 11.1 Å². The zero-order valence-corrected chi connectivity index (χ0v) is 18.2. The number of anilines is 1. The van der Waals surface area contributed by atoms with Gasteiger partial charge in [-0.3, -0.25) is 4.79 Å². The lowest BCUT2D eigenvalue weighted by molar-refractivity contribution is -0.113. The van der Waals surface area contributed by atoms with E-state index in [0.717, 1.165) is 36.9 Å². The second-order valence-corrected chi connectivity index (χ2v) is 8.25. The minimum absolute atomic E-state index is 0.189. The average Bonchev–Trinajstić information content (AvgIpc) is 3.14. The number of rotatable bonds is 4. The average molecular weight is 424 g/mol. The molecule has 2 aromatic rings. The first-order valence-corrected chi connectivity index (χ1v) is 10.7. The van der Waals surface area contributed by atoms with Gasteiger partial charge < -0.3 is 19.3 Å². The van der Waals surface area contributed by atoms with Gasteiger partial charge in [0.25, 0.3) is 5.91 Å². The number of methoxy groups -OCH3 is 2. The van der Waals surface area contributed by atoms with E-state index in [2.05, 4.69) is 46.0 Å². The van der Waals surface area contributed by atoms with Gasteiger partial charge in [0, 0.05) is 31.9 Å². The van der Waals surface area contributed by atoms with E-state index in [0.29, 0.717) is 16.4 Å². The van der Waals surface area contributed by atoms with Gasteiger partial charge >= 0.3 is 0 Å². The number of hydrogen-bond donors (Lipinski definition) is 0. The van der Waals surface area contributed by atoms with Crippen LogP contribution in [-0.4, -0.2) is 56.4 Å². The molecule has 0 aliphatic carbocycles. The number of carbonyl (C=O) groups excluding carboxylic acids is 1. The first-order chi connectivity index (χ1) is 14.6. The van der Waals surface area contributed by atoms with Crippen LogP contribution in [0, 0.1) is 6.92 Å². The van der Waals surface area contributed by atoms with E-state index in [1.54, 1.807) is 14.2 Å². The van der Waals surface area contributed by atoms with Gasteiger partial charge in [-0.25, -0.2) is 0 Å². The van der Waals surface area contributed by atoms with Crippen LogP contribution >= 0.6 is 11.8 Å². The van der Waals surface area contributed by atoms with E-state index in [4.69, 9.17) is 9.47 Å². The quantitative estimate of drug-likeness (QED) is 0.697. The van der Waals surface area contributed by atoms with Crippen LogP contribution in [0.25, 0.3) is 6.08 Å². The molecule has 0 spiro atoms. The summed E-state index contributed by atoms with van der Waals surface area (Å²) in [6, 6.07) is 14.2. The number of benzene rings is 2. The van der Waals surface area contributed by atoms with Gasteiger partial charge in [0.1, 0.15) is 0 Å². The molecule has 7 heteroatoms. The largest absolute Gasteiger partial charge is 0.493 e. The Labute approximate surface area is 181 Å². The summed E-state index contributed by atoms with van der Waals surface area (Å²) in [6.07, 6.45) is 1.86. The van der Waals surface area contributed by atoms with Crippen molar-refractivity contribution >= 4 is 34.6 Å². The third kappa shape index (κ3) is 4.31. The van der Waals surface area contributed by atoms with Crippen molar-refractivity contribution in [3.8, 4) is 11.5 Å². The Kier molecular flexibility index (Phi) is 5.99. The van der Waals surface area contributed by atoms with E-state index in [1.165, 1.54) is 23.0 Å². The van der Waals surface area contributed by atoms with E-state index in [1.807, 2.05) is 24.3 Å². The Morgan fingerprint density at radius 1 is 0.967 bits per heavy atom. The van der Waals surface area contributed by atoms with Crippen LogP contribution < -0.4 is 14.4 Å². The molecule has 0 saturated carbocycles. The SMILES string of the molecule is COc1ccc(/C=C2/SC(N3CCN(c4cccc(C)c4)CC3)=NC2=O)cc1OC. The normalized spacial score (nSPS) is 18.0. The fourth-order valence-corrected chi connectivity index (χ4v) is 4.57. The molecule has 2 heterocycles. The lowest BCUT2D eigenvalue weighted by atomic mass is 10.2. The lowest BCUT2D eigenvalue weighted by Gasteiger charge is -2.36. The molecule has 0 atom stereocenters. The predicted octanol–water partition coefficient (Wildman–Crippen LogP) is 3.80. The van der Waals surface area contributed by atoms with Crippen molar-refractivity contribution in [3.63, 3.8) is 0 Å². The number of amidine groups is 1. The molecule has 0 bridgehead atoms. The molecule has 6 nitrogen and oxygen atoms in total. The van der Waals surface area contributed by atoms with Crippen LogP contribution in [0.5, 0.6) is 11.5 Å². The number of aliphatic imine (C=N–C) groups is 1. The summed E-state index contributed by atoms with van der Waals surface area (Å²) in [5.41, 5.74) is 3.39. The lowest BCUT2D eigenvalue weighted by Crippen LogP contribution is -2.47. The summed E-state index contributed by atoms with van der Waals surface area (Å²) in [4.78, 5) is 22.0. The van der Waals surface area contributed by atoms with Crippen LogP contribution in [0.4, 0.5) is 5.69 Å². The fraction of sp³-hybridized carbons (Fsp3) is 0.304. The van der Waals surface area contributed by atoms with Crippen molar-refractivity contribution in [1.82, 2.24) is 4.90 Å². The van der Waals surface area contributed by atoms with E-state index in [-0.39, 0.29) is 5.91 Å². The maximum atomic E-state index is 12.5. The molecular weight excluding hydrogens is 398 g/mol. The number of aryl methyl sites for hydroxylation is 1. The van der Waals surface area contributed by atoms with Crippen molar-refractivity contribution in [3.05, 3.63) is 58.5 Å². The van der Waals surface area contributed by atoms with E-state index >= 15 is 0 Å². The highest BCUT2D eigenvalue weighted by Crippen LogP contribution is 2.33. The maximum absolute atomic E-state index is 12.5. The van der Waals surface area contributed by atoms with Crippen LogP contribution in [0.15, 0.2) is 52.4 Å². The van der Waals surface area contributed by atoms with Crippen molar-refractivity contribution in [2.45, 2.75) is 6.92 Å². The highest BCUT2D eigenvalue weighted by molar-refractivity contribution is 8.18. The minimum atomic E-state index is -0.189. The molecule has 1 amide bonds. The number of piperazine rings is 1. The summed E-state index contributed by atoms with van der Waals surface area (Å²) in [5, 5.41) is 0.788. The zero-order chi connectivity index (χ0) is 21.1. The second kappa shape index (κ2) is 8.83. The van der Waals surface area contributed by atoms with Crippen molar-refractivity contribution in [2.24, 2.45) is 4.99 Å². The third-order valence-electron chi connectivity index (χ3n) is 5.23. The first kappa shape index (κ1) is 20.3. The van der Waals surface area contributed by atoms with Crippen molar-refractivity contribution in [1.29, 1.82) is 0 Å². The summed E-state index contributed by atoms with van der Waals surface area (Å²) in [5.74, 6) is 1.11. The number of ether oxygens (including phenoxy) is 2. The number of nitrogens with zero attached hydrogens (tertiary/aromatic N) is 3. The standard InChI is InChI=1S/C23H25N3O3S/c1-16-5-4-6-18(13-16)25-9-11-26(12-10-25)23-24-22(27)21(30-23)15-17-7-8-19(28-2)20(14-17)29-3/h4-8,13-15H,9-12H2,1-3H3/b21-15+. The predicted molar refractivity (Wildman–Crippen MR) is 123 cm³/mol. The molecule has 0 unspecified atom stereocenters. The van der Waals surface area contributed by atoms with Crippen LogP contribution in [0.3, 0.4) is 0 Å². The van der Waals surface area contributed by atoms with Crippen molar-refractivity contribution < 1.29 is 14.3 Å². The maximum Gasteiger partial charge on any atom is 0.286 e. The van der Waals surface area contributed by atoms with Crippen LogP contribution in [-0.2, 0) is 4.79 Å². The Bertz CT molecular complexity index is 1010. The third-order valence-corrected chi connectivity index (χ3v) is 6.28. The molecule has 0 aromatic heterocycles. The summed E-state index contributed by atoms with van der Waals surface area (Å²) >= 11 is 1.44. The molecular formula is C23H25N3O3S. The minimum Gasteiger partial charge on any atom is -0.493 e. The fourth-order valence-electron chi connectivity index (χ4n) is 3.61. The van der Waals surface area contributed by atoms with Crippen LogP contribution in [0.2, 0.25) is 0 Å². The molecule has 0 radical (unpaired) electrons. The summed E-state index contributed by atoms with van der Waals surface area (Å²) in [7, 11) is 3.20. The van der Waals surface area contributed by atoms with Gasteiger partial charge in [-0.1, -0.05) is 18.2 Å². The van der Waals surface area contributed by atoms with Gasteiger partial charge in [0.15, 0.2) is 16.7 Å². The first-order valence-electron chi connectivity index (χ1n) is 9.88.